The normalized spacial score (nSPS) is 18.0. The van der Waals surface area contributed by atoms with Crippen molar-refractivity contribution in [3.8, 4) is 0 Å². The van der Waals surface area contributed by atoms with Gasteiger partial charge in [-0.05, 0) is 24.4 Å². The number of hydrazone groups is 1. The van der Waals surface area contributed by atoms with Gasteiger partial charge in [0.25, 0.3) is 0 Å². The van der Waals surface area contributed by atoms with Crippen molar-refractivity contribution in [1.82, 2.24) is 15.3 Å². The molecule has 1 saturated heterocycles. The Morgan fingerprint density at radius 2 is 1.96 bits per heavy atom. The Labute approximate surface area is 163 Å². The van der Waals surface area contributed by atoms with E-state index in [1.165, 1.54) is 18.0 Å². The van der Waals surface area contributed by atoms with Crippen LogP contribution in [0.25, 0.3) is 0 Å². The lowest BCUT2D eigenvalue weighted by molar-refractivity contribution is 0.381. The number of para-hydroxylation sites is 1. The van der Waals surface area contributed by atoms with Crippen molar-refractivity contribution in [2.75, 3.05) is 42.9 Å². The number of pyridine rings is 1. The lowest BCUT2D eigenvalue weighted by Gasteiger charge is -2.37. The summed E-state index contributed by atoms with van der Waals surface area (Å²) >= 11 is 5.51. The lowest BCUT2D eigenvalue weighted by atomic mass is 10.1. The van der Waals surface area contributed by atoms with Crippen LogP contribution in [0.4, 0.5) is 15.8 Å². The summed E-state index contributed by atoms with van der Waals surface area (Å²) in [6.45, 7) is 4.20. The van der Waals surface area contributed by atoms with Crippen LogP contribution >= 0.6 is 12.2 Å². The molecule has 0 radical (unpaired) electrons. The summed E-state index contributed by atoms with van der Waals surface area (Å²) in [6, 6.07) is 11.8. The molecule has 0 saturated carbocycles. The number of halogens is 1. The third-order valence-corrected chi connectivity index (χ3v) is 5.13. The molecule has 8 heteroatoms. The second-order valence-electron chi connectivity index (χ2n) is 6.51. The van der Waals surface area contributed by atoms with Gasteiger partial charge in [-0.1, -0.05) is 18.2 Å². The van der Waals surface area contributed by atoms with Crippen LogP contribution in [0.15, 0.2) is 47.7 Å². The third kappa shape index (κ3) is 4.00. The molecule has 0 aliphatic carbocycles. The topological polar surface area (TPSA) is 55.8 Å². The van der Waals surface area contributed by atoms with Gasteiger partial charge >= 0.3 is 0 Å². The van der Waals surface area contributed by atoms with Crippen LogP contribution in [0.3, 0.4) is 0 Å². The molecule has 1 fully saturated rings. The standard InChI is InChI=1S/C19H21FN6S/c20-14-12-17-18(22-13-14)16(6-7-21-17)23-24-19(27)26-10-8-25(9-11-26)15-4-2-1-3-5-15/h1-5,12-13,21H,6-11H2,(H,24,27)/b23-16-. The zero-order chi connectivity index (χ0) is 18.6. The third-order valence-electron chi connectivity index (χ3n) is 4.78. The van der Waals surface area contributed by atoms with Gasteiger partial charge in [0.1, 0.15) is 11.5 Å². The molecule has 1 aromatic heterocycles. The van der Waals surface area contributed by atoms with Crippen LogP contribution in [-0.4, -0.2) is 53.4 Å². The Kier molecular flexibility index (Phi) is 5.15. The first-order valence-electron chi connectivity index (χ1n) is 9.02. The van der Waals surface area contributed by atoms with E-state index < -0.39 is 0 Å². The van der Waals surface area contributed by atoms with E-state index >= 15 is 0 Å². The summed E-state index contributed by atoms with van der Waals surface area (Å²) in [5, 5.41) is 8.21. The molecule has 27 heavy (non-hydrogen) atoms. The minimum absolute atomic E-state index is 0.359. The van der Waals surface area contributed by atoms with E-state index in [2.05, 4.69) is 54.9 Å². The van der Waals surface area contributed by atoms with Gasteiger partial charge in [0.2, 0.25) is 0 Å². The van der Waals surface area contributed by atoms with E-state index in [1.807, 2.05) is 6.07 Å². The van der Waals surface area contributed by atoms with Crippen molar-refractivity contribution in [2.24, 2.45) is 5.10 Å². The summed E-state index contributed by atoms with van der Waals surface area (Å²) in [6.07, 6.45) is 1.92. The molecule has 4 rings (SSSR count). The number of nitrogens with one attached hydrogen (secondary N) is 2. The van der Waals surface area contributed by atoms with E-state index in [0.29, 0.717) is 29.5 Å². The molecule has 6 nitrogen and oxygen atoms in total. The van der Waals surface area contributed by atoms with E-state index in [-0.39, 0.29) is 5.82 Å². The summed E-state index contributed by atoms with van der Waals surface area (Å²) in [7, 11) is 0. The minimum atomic E-state index is -0.359. The number of thiocarbonyl (C=S) groups is 1. The highest BCUT2D eigenvalue weighted by Crippen LogP contribution is 2.21. The number of nitrogens with zero attached hydrogens (tertiary/aromatic N) is 4. The Morgan fingerprint density at radius 3 is 2.74 bits per heavy atom. The molecule has 2 aliphatic rings. The van der Waals surface area contributed by atoms with Crippen LogP contribution < -0.4 is 15.6 Å². The monoisotopic (exact) mass is 384 g/mol. The molecule has 2 N–H and O–H groups in total. The number of hydrogen-bond acceptors (Lipinski definition) is 5. The molecule has 1 aromatic carbocycles. The van der Waals surface area contributed by atoms with Crippen molar-refractivity contribution in [1.29, 1.82) is 0 Å². The molecular formula is C19H21FN6S. The quantitative estimate of drug-likeness (QED) is 0.613. The highest BCUT2D eigenvalue weighted by Gasteiger charge is 2.20. The maximum Gasteiger partial charge on any atom is 0.189 e. The van der Waals surface area contributed by atoms with Crippen LogP contribution in [0, 0.1) is 5.82 Å². The largest absolute Gasteiger partial charge is 0.383 e. The van der Waals surface area contributed by atoms with Crippen molar-refractivity contribution in [2.45, 2.75) is 6.42 Å². The number of benzene rings is 1. The maximum absolute atomic E-state index is 13.3. The fourth-order valence-electron chi connectivity index (χ4n) is 3.34. The van der Waals surface area contributed by atoms with Crippen LogP contribution in [0.5, 0.6) is 0 Å². The number of hydrogen-bond donors (Lipinski definition) is 2. The van der Waals surface area contributed by atoms with Gasteiger partial charge in [0, 0.05) is 50.9 Å². The van der Waals surface area contributed by atoms with E-state index in [1.54, 1.807) is 0 Å². The first-order valence-corrected chi connectivity index (χ1v) is 9.43. The number of aromatic nitrogens is 1. The molecule has 0 spiro atoms. The number of anilines is 2. The van der Waals surface area contributed by atoms with Crippen molar-refractivity contribution >= 4 is 34.4 Å². The molecule has 0 amide bonds. The van der Waals surface area contributed by atoms with E-state index in [9.17, 15) is 4.39 Å². The SMILES string of the molecule is Fc1cnc2c(c1)NCC/C2=N/NC(=S)N1CCN(c2ccccc2)CC1. The second-order valence-corrected chi connectivity index (χ2v) is 6.90. The van der Waals surface area contributed by atoms with Crippen LogP contribution in [-0.2, 0) is 0 Å². The number of piperazine rings is 1. The van der Waals surface area contributed by atoms with Gasteiger partial charge in [-0.25, -0.2) is 9.37 Å². The van der Waals surface area contributed by atoms with Gasteiger partial charge in [-0.2, -0.15) is 5.10 Å². The van der Waals surface area contributed by atoms with E-state index in [4.69, 9.17) is 12.2 Å². The highest BCUT2D eigenvalue weighted by molar-refractivity contribution is 7.80. The summed E-state index contributed by atoms with van der Waals surface area (Å²) < 4.78 is 13.3. The van der Waals surface area contributed by atoms with Gasteiger partial charge in [0.05, 0.1) is 17.6 Å². The summed E-state index contributed by atoms with van der Waals surface area (Å²) in [5.41, 5.74) is 6.36. The molecule has 2 aromatic rings. The zero-order valence-electron chi connectivity index (χ0n) is 14.9. The fourth-order valence-corrected chi connectivity index (χ4v) is 3.57. The molecule has 3 heterocycles. The van der Waals surface area contributed by atoms with Gasteiger partial charge < -0.3 is 15.1 Å². The smallest absolute Gasteiger partial charge is 0.189 e. The second kappa shape index (κ2) is 7.87. The molecule has 0 unspecified atom stereocenters. The van der Waals surface area contributed by atoms with Crippen LogP contribution in [0.2, 0.25) is 0 Å². The van der Waals surface area contributed by atoms with Crippen LogP contribution in [0.1, 0.15) is 12.1 Å². The maximum atomic E-state index is 13.3. The Balaban J connectivity index is 1.36. The number of rotatable bonds is 2. The lowest BCUT2D eigenvalue weighted by Crippen LogP contribution is -2.51. The van der Waals surface area contributed by atoms with Gasteiger partial charge in [0.15, 0.2) is 5.11 Å². The van der Waals surface area contributed by atoms with Crippen molar-refractivity contribution < 1.29 is 4.39 Å². The predicted molar refractivity (Wildman–Crippen MR) is 110 cm³/mol. The summed E-state index contributed by atoms with van der Waals surface area (Å²) in [4.78, 5) is 8.64. The molecular weight excluding hydrogens is 363 g/mol. The molecule has 0 atom stereocenters. The van der Waals surface area contributed by atoms with Crippen molar-refractivity contribution in [3.63, 3.8) is 0 Å². The van der Waals surface area contributed by atoms with Crippen molar-refractivity contribution in [3.05, 3.63) is 54.1 Å². The minimum Gasteiger partial charge on any atom is -0.383 e. The predicted octanol–water partition coefficient (Wildman–Crippen LogP) is 2.44. The first-order chi connectivity index (χ1) is 13.2. The molecule has 0 bridgehead atoms. The average Bonchev–Trinajstić information content (AvgIpc) is 2.72. The summed E-state index contributed by atoms with van der Waals surface area (Å²) in [5.74, 6) is -0.359. The average molecular weight is 384 g/mol. The number of fused-ring (bicyclic) bond motifs is 1. The first kappa shape index (κ1) is 17.7. The zero-order valence-corrected chi connectivity index (χ0v) is 15.7. The Bertz CT molecular complexity index is 849. The Hall–Kier alpha value is -2.74. The molecule has 2 aliphatic heterocycles. The Morgan fingerprint density at radius 1 is 1.19 bits per heavy atom. The van der Waals surface area contributed by atoms with Gasteiger partial charge in [-0.15, -0.1) is 0 Å². The van der Waals surface area contributed by atoms with E-state index in [0.717, 1.165) is 31.9 Å². The highest BCUT2D eigenvalue weighted by atomic mass is 32.1. The fraction of sp³-hybridized carbons (Fsp3) is 0.316. The van der Waals surface area contributed by atoms with Gasteiger partial charge in [-0.3, -0.25) is 5.43 Å². The molecule has 140 valence electrons.